The minimum absolute atomic E-state index is 0.888. The van der Waals surface area contributed by atoms with Gasteiger partial charge >= 0.3 is 0 Å². The summed E-state index contributed by atoms with van der Waals surface area (Å²) in [6.07, 6.45) is 0. The lowest BCUT2D eigenvalue weighted by Crippen LogP contribution is -2.11. The summed E-state index contributed by atoms with van der Waals surface area (Å²) in [5.74, 6) is 0. The van der Waals surface area contributed by atoms with E-state index in [0.717, 1.165) is 77.9 Å². The Balaban J connectivity index is 1.10. The quantitative estimate of drug-likeness (QED) is 0.144. The summed E-state index contributed by atoms with van der Waals surface area (Å²) >= 11 is 0. The number of furan rings is 1. The Morgan fingerprint density at radius 3 is 1.56 bits per heavy atom. The molecule has 1 aromatic heterocycles. The fourth-order valence-electron chi connectivity index (χ4n) is 9.80. The summed E-state index contributed by atoms with van der Waals surface area (Å²) in [4.78, 5) is 2.44. The van der Waals surface area contributed by atoms with E-state index >= 15 is 0 Å². The van der Waals surface area contributed by atoms with Crippen LogP contribution in [-0.4, -0.2) is 0 Å². The van der Waals surface area contributed by atoms with Crippen LogP contribution in [0.25, 0.3) is 99.5 Å². The van der Waals surface area contributed by atoms with E-state index in [1.807, 2.05) is 6.07 Å². The lowest BCUT2D eigenvalue weighted by Gasteiger charge is -2.29. The number of rotatable bonds is 9. The van der Waals surface area contributed by atoms with Crippen LogP contribution in [0, 0.1) is 0 Å². The second-order valence-corrected chi connectivity index (χ2v) is 16.8. The molecule has 0 amide bonds. The Labute approximate surface area is 384 Å². The largest absolute Gasteiger partial charge is 0.455 e. The zero-order valence-corrected chi connectivity index (χ0v) is 36.2. The number of hydrogen-bond donors (Lipinski definition) is 0. The van der Waals surface area contributed by atoms with E-state index in [0.29, 0.717) is 0 Å². The van der Waals surface area contributed by atoms with Gasteiger partial charge in [0.1, 0.15) is 11.2 Å². The van der Waals surface area contributed by atoms with Crippen LogP contribution < -0.4 is 4.90 Å². The molecule has 0 radical (unpaired) electrons. The third-order valence-corrected chi connectivity index (χ3v) is 12.9. The maximum Gasteiger partial charge on any atom is 0.143 e. The first-order chi connectivity index (χ1) is 32.7. The number of fused-ring (bicyclic) bond motifs is 4. The fourth-order valence-corrected chi connectivity index (χ4v) is 9.80. The second-order valence-electron chi connectivity index (χ2n) is 16.8. The molecule has 0 saturated heterocycles. The number of anilines is 3. The van der Waals surface area contributed by atoms with Crippen molar-refractivity contribution in [2.75, 3.05) is 4.90 Å². The molecule has 2 nitrogen and oxygen atoms in total. The molecule has 12 rings (SSSR count). The van der Waals surface area contributed by atoms with Gasteiger partial charge in [-0.05, 0) is 109 Å². The first-order valence-electron chi connectivity index (χ1n) is 22.6. The molecule has 0 N–H and O–H groups in total. The van der Waals surface area contributed by atoms with Crippen molar-refractivity contribution >= 4 is 49.8 Å². The van der Waals surface area contributed by atoms with Crippen molar-refractivity contribution in [3.63, 3.8) is 0 Å². The summed E-state index contributed by atoms with van der Waals surface area (Å²) in [7, 11) is 0. The molecule has 0 spiro atoms. The molecule has 0 aliphatic rings. The Hall–Kier alpha value is -8.72. The number of hydrogen-bond acceptors (Lipinski definition) is 2. The molecular weight excluding hydrogens is 799 g/mol. The predicted octanol–water partition coefficient (Wildman–Crippen LogP) is 18.2. The Bertz CT molecular complexity index is 3710. The molecule has 0 unspecified atom stereocenters. The van der Waals surface area contributed by atoms with Gasteiger partial charge in [-0.25, -0.2) is 0 Å². The van der Waals surface area contributed by atoms with Gasteiger partial charge in [0, 0.05) is 33.3 Å². The van der Waals surface area contributed by atoms with Gasteiger partial charge in [-0.15, -0.1) is 0 Å². The zero-order valence-electron chi connectivity index (χ0n) is 36.2. The maximum atomic E-state index is 6.62. The minimum atomic E-state index is 0.888. The van der Waals surface area contributed by atoms with Crippen LogP contribution in [0.15, 0.2) is 265 Å². The lowest BCUT2D eigenvalue weighted by atomic mass is 9.86. The summed E-state index contributed by atoms with van der Waals surface area (Å²) < 4.78 is 6.62. The van der Waals surface area contributed by atoms with Gasteiger partial charge in [0.25, 0.3) is 0 Å². The van der Waals surface area contributed by atoms with E-state index in [-0.39, 0.29) is 0 Å². The highest BCUT2D eigenvalue weighted by atomic mass is 16.3. The molecule has 310 valence electrons. The van der Waals surface area contributed by atoms with E-state index in [1.165, 1.54) is 38.6 Å². The van der Waals surface area contributed by atoms with Crippen molar-refractivity contribution in [3.8, 4) is 66.8 Å². The lowest BCUT2D eigenvalue weighted by molar-refractivity contribution is 0.670. The molecule has 11 aromatic carbocycles. The molecule has 0 bridgehead atoms. The minimum Gasteiger partial charge on any atom is -0.455 e. The van der Waals surface area contributed by atoms with E-state index in [9.17, 15) is 0 Å². The molecule has 0 aliphatic heterocycles. The summed E-state index contributed by atoms with van der Waals surface area (Å²) in [5.41, 5.74) is 18.7. The van der Waals surface area contributed by atoms with Crippen LogP contribution in [0.4, 0.5) is 17.1 Å². The van der Waals surface area contributed by atoms with Crippen LogP contribution in [0.2, 0.25) is 0 Å². The van der Waals surface area contributed by atoms with Gasteiger partial charge in [-0.3, -0.25) is 0 Å². The first-order valence-corrected chi connectivity index (χ1v) is 22.6. The SMILES string of the molecule is c1ccc(-c2ccc(-c3ccccc3-c3ccccc3)c(-c3ccccc3N(c3cccc(-c4cccc5ccccc45)c3)c3cccc(-c4cccc5c4oc4ccccc45)c3)c2)cc1. The maximum absolute atomic E-state index is 6.62. The Morgan fingerprint density at radius 1 is 0.258 bits per heavy atom. The number of benzene rings is 11. The average molecular weight is 842 g/mol. The van der Waals surface area contributed by atoms with Gasteiger partial charge in [0.05, 0.1) is 5.69 Å². The summed E-state index contributed by atoms with van der Waals surface area (Å²) in [6, 6.07) is 94.0. The molecule has 12 aromatic rings. The van der Waals surface area contributed by atoms with Crippen molar-refractivity contribution in [1.29, 1.82) is 0 Å². The van der Waals surface area contributed by atoms with Crippen LogP contribution in [-0.2, 0) is 0 Å². The monoisotopic (exact) mass is 841 g/mol. The van der Waals surface area contributed by atoms with Gasteiger partial charge in [-0.2, -0.15) is 0 Å². The van der Waals surface area contributed by atoms with Crippen molar-refractivity contribution in [3.05, 3.63) is 261 Å². The highest BCUT2D eigenvalue weighted by molar-refractivity contribution is 6.10. The topological polar surface area (TPSA) is 16.4 Å². The third kappa shape index (κ3) is 7.02. The normalized spacial score (nSPS) is 11.3. The van der Waals surface area contributed by atoms with Gasteiger partial charge in [0.15, 0.2) is 0 Å². The van der Waals surface area contributed by atoms with Crippen molar-refractivity contribution in [2.45, 2.75) is 0 Å². The first kappa shape index (κ1) is 38.9. The molecule has 0 fully saturated rings. The number of nitrogens with zero attached hydrogens (tertiary/aromatic N) is 1. The summed E-state index contributed by atoms with van der Waals surface area (Å²) in [6.45, 7) is 0. The van der Waals surface area contributed by atoms with Crippen LogP contribution in [0.5, 0.6) is 0 Å². The zero-order chi connectivity index (χ0) is 43.8. The Morgan fingerprint density at radius 2 is 0.773 bits per heavy atom. The molecule has 66 heavy (non-hydrogen) atoms. The van der Waals surface area contributed by atoms with Crippen molar-refractivity contribution < 1.29 is 4.42 Å². The van der Waals surface area contributed by atoms with E-state index in [1.54, 1.807) is 0 Å². The molecule has 2 heteroatoms. The highest BCUT2D eigenvalue weighted by Crippen LogP contribution is 2.48. The smallest absolute Gasteiger partial charge is 0.143 e. The van der Waals surface area contributed by atoms with Gasteiger partial charge < -0.3 is 9.32 Å². The average Bonchev–Trinajstić information content (AvgIpc) is 3.78. The standard InChI is InChI=1S/C64H43NO/c1-3-19-44(20-4-1)47-39-40-57(56-31-10-9-30-53(56)45-21-5-2-6-22-45)61(43-47)58-32-11-13-37-62(58)65(50-27-15-25-48(41-50)54-34-17-24-46-23-7-8-29-52(46)54)51-28-16-26-49(42-51)55-35-18-36-60-59-33-12-14-38-63(59)66-64(55)60/h1-43H. The molecular formula is C64H43NO. The van der Waals surface area contributed by atoms with Crippen molar-refractivity contribution in [2.24, 2.45) is 0 Å². The highest BCUT2D eigenvalue weighted by Gasteiger charge is 2.23. The summed E-state index contributed by atoms with van der Waals surface area (Å²) in [5, 5.41) is 4.68. The van der Waals surface area contributed by atoms with Crippen LogP contribution >= 0.6 is 0 Å². The van der Waals surface area contributed by atoms with Gasteiger partial charge in [-0.1, -0.05) is 218 Å². The van der Waals surface area contributed by atoms with E-state index in [2.05, 4.69) is 260 Å². The molecule has 0 saturated carbocycles. The number of para-hydroxylation sites is 3. The molecule has 1 heterocycles. The predicted molar refractivity (Wildman–Crippen MR) is 279 cm³/mol. The van der Waals surface area contributed by atoms with Crippen molar-refractivity contribution in [1.82, 2.24) is 0 Å². The molecule has 0 atom stereocenters. The van der Waals surface area contributed by atoms with Crippen LogP contribution in [0.1, 0.15) is 0 Å². The van der Waals surface area contributed by atoms with E-state index < -0.39 is 0 Å². The molecule has 0 aliphatic carbocycles. The van der Waals surface area contributed by atoms with Crippen LogP contribution in [0.3, 0.4) is 0 Å². The fraction of sp³-hybridized carbons (Fsp3) is 0. The van der Waals surface area contributed by atoms with Gasteiger partial charge in [0.2, 0.25) is 0 Å². The third-order valence-electron chi connectivity index (χ3n) is 12.9. The van der Waals surface area contributed by atoms with E-state index in [4.69, 9.17) is 4.42 Å². The second kappa shape index (κ2) is 16.8. The Kier molecular flexibility index (Phi) is 9.89.